The maximum absolute atomic E-state index is 11.7. The van der Waals surface area contributed by atoms with Crippen LogP contribution in [0.4, 0.5) is 5.69 Å². The Balaban J connectivity index is 2.25. The standard InChI is InChI=1S/C14H18BrNO2/c15-11-7-3-4-8-12(11)16-14(13(17)18)9-5-1-2-6-10-14/h3-4,7-8,16H,1-2,5-6,9-10H2,(H,17,18). The molecule has 18 heavy (non-hydrogen) atoms. The summed E-state index contributed by atoms with van der Waals surface area (Å²) in [7, 11) is 0. The van der Waals surface area contributed by atoms with Crippen molar-refractivity contribution in [1.82, 2.24) is 0 Å². The molecule has 0 amide bonds. The number of rotatable bonds is 3. The van der Waals surface area contributed by atoms with Crippen molar-refractivity contribution in [2.45, 2.75) is 44.1 Å². The van der Waals surface area contributed by atoms with Crippen LogP contribution in [0.5, 0.6) is 0 Å². The number of aliphatic carboxylic acids is 1. The Morgan fingerprint density at radius 3 is 2.33 bits per heavy atom. The molecule has 0 radical (unpaired) electrons. The lowest BCUT2D eigenvalue weighted by molar-refractivity contribution is -0.142. The molecular weight excluding hydrogens is 294 g/mol. The molecule has 1 aliphatic rings. The van der Waals surface area contributed by atoms with Crippen LogP contribution in [-0.4, -0.2) is 16.6 Å². The van der Waals surface area contributed by atoms with E-state index in [2.05, 4.69) is 21.2 Å². The molecule has 0 spiro atoms. The Morgan fingerprint density at radius 2 is 1.78 bits per heavy atom. The van der Waals surface area contributed by atoms with Crippen LogP contribution >= 0.6 is 15.9 Å². The quantitative estimate of drug-likeness (QED) is 0.828. The Labute approximate surface area is 116 Å². The lowest BCUT2D eigenvalue weighted by Crippen LogP contribution is -2.46. The second kappa shape index (κ2) is 5.74. The fraction of sp³-hybridized carbons (Fsp3) is 0.500. The van der Waals surface area contributed by atoms with Crippen LogP contribution in [-0.2, 0) is 4.79 Å². The van der Waals surface area contributed by atoms with E-state index in [1.807, 2.05) is 24.3 Å². The van der Waals surface area contributed by atoms with Gasteiger partial charge in [0.15, 0.2) is 0 Å². The zero-order chi connectivity index (χ0) is 13.0. The van der Waals surface area contributed by atoms with E-state index in [1.165, 1.54) is 0 Å². The average Bonchev–Trinajstić information content (AvgIpc) is 2.59. The molecule has 98 valence electrons. The van der Waals surface area contributed by atoms with Crippen LogP contribution in [0.3, 0.4) is 0 Å². The van der Waals surface area contributed by atoms with Crippen LogP contribution in [0.25, 0.3) is 0 Å². The van der Waals surface area contributed by atoms with Crippen LogP contribution < -0.4 is 5.32 Å². The number of hydrogen-bond acceptors (Lipinski definition) is 2. The first kappa shape index (κ1) is 13.4. The van der Waals surface area contributed by atoms with Crippen LogP contribution in [0.1, 0.15) is 38.5 Å². The van der Waals surface area contributed by atoms with Crippen molar-refractivity contribution in [3.63, 3.8) is 0 Å². The summed E-state index contributed by atoms with van der Waals surface area (Å²) in [5.41, 5.74) is 0.0576. The molecule has 0 aromatic heterocycles. The van der Waals surface area contributed by atoms with Crippen molar-refractivity contribution in [3.8, 4) is 0 Å². The highest BCUT2D eigenvalue weighted by atomic mass is 79.9. The summed E-state index contributed by atoms with van der Waals surface area (Å²) in [6, 6.07) is 7.68. The Kier molecular flexibility index (Phi) is 4.27. The van der Waals surface area contributed by atoms with Crippen molar-refractivity contribution in [2.75, 3.05) is 5.32 Å². The highest BCUT2D eigenvalue weighted by Gasteiger charge is 2.38. The molecule has 1 fully saturated rings. The minimum atomic E-state index is -0.805. The molecule has 2 N–H and O–H groups in total. The number of anilines is 1. The molecule has 2 rings (SSSR count). The number of halogens is 1. The lowest BCUT2D eigenvalue weighted by Gasteiger charge is -2.31. The summed E-state index contributed by atoms with van der Waals surface area (Å²) in [5.74, 6) is -0.736. The minimum absolute atomic E-state index is 0.698. The molecule has 3 nitrogen and oxygen atoms in total. The monoisotopic (exact) mass is 311 g/mol. The summed E-state index contributed by atoms with van der Waals surface area (Å²) < 4.78 is 0.912. The number of benzene rings is 1. The molecule has 4 heteroatoms. The van der Waals surface area contributed by atoms with Gasteiger partial charge in [-0.2, -0.15) is 0 Å². The molecule has 0 bridgehead atoms. The van der Waals surface area contributed by atoms with E-state index in [-0.39, 0.29) is 0 Å². The van der Waals surface area contributed by atoms with Gasteiger partial charge in [0.25, 0.3) is 0 Å². The van der Waals surface area contributed by atoms with Gasteiger partial charge in [-0.05, 0) is 40.9 Å². The maximum Gasteiger partial charge on any atom is 0.329 e. The summed E-state index contributed by atoms with van der Waals surface area (Å²) in [5, 5.41) is 12.8. The van der Waals surface area contributed by atoms with Gasteiger partial charge in [0.05, 0.1) is 0 Å². The van der Waals surface area contributed by atoms with Crippen molar-refractivity contribution in [1.29, 1.82) is 0 Å². The second-order valence-electron chi connectivity index (χ2n) is 4.91. The number of carboxylic acid groups (broad SMARTS) is 1. The Morgan fingerprint density at radius 1 is 1.17 bits per heavy atom. The van der Waals surface area contributed by atoms with Crippen molar-refractivity contribution in [3.05, 3.63) is 28.7 Å². The van der Waals surface area contributed by atoms with E-state index >= 15 is 0 Å². The summed E-state index contributed by atoms with van der Waals surface area (Å²) >= 11 is 3.46. The number of carbonyl (C=O) groups is 1. The number of carboxylic acids is 1. The van der Waals surface area contributed by atoms with Crippen molar-refractivity contribution in [2.24, 2.45) is 0 Å². The van der Waals surface area contributed by atoms with Gasteiger partial charge < -0.3 is 10.4 Å². The third kappa shape index (κ3) is 2.86. The maximum atomic E-state index is 11.7. The second-order valence-corrected chi connectivity index (χ2v) is 5.76. The molecule has 0 saturated heterocycles. The average molecular weight is 312 g/mol. The zero-order valence-corrected chi connectivity index (χ0v) is 11.9. The van der Waals surface area contributed by atoms with Crippen molar-refractivity contribution >= 4 is 27.6 Å². The molecule has 1 aromatic rings. The highest BCUT2D eigenvalue weighted by Crippen LogP contribution is 2.33. The van der Waals surface area contributed by atoms with Gasteiger partial charge >= 0.3 is 5.97 Å². The number of para-hydroxylation sites is 1. The van der Waals surface area contributed by atoms with E-state index < -0.39 is 11.5 Å². The van der Waals surface area contributed by atoms with Gasteiger partial charge in [-0.25, -0.2) is 4.79 Å². The van der Waals surface area contributed by atoms with Gasteiger partial charge in [-0.3, -0.25) is 0 Å². The molecule has 1 aliphatic carbocycles. The van der Waals surface area contributed by atoms with Crippen LogP contribution in [0.2, 0.25) is 0 Å². The van der Waals surface area contributed by atoms with Gasteiger partial charge in [0, 0.05) is 10.2 Å². The normalized spacial score (nSPS) is 18.9. The highest BCUT2D eigenvalue weighted by molar-refractivity contribution is 9.10. The smallest absolute Gasteiger partial charge is 0.329 e. The van der Waals surface area contributed by atoms with E-state index in [1.54, 1.807) is 0 Å². The van der Waals surface area contributed by atoms with E-state index in [0.717, 1.165) is 35.8 Å². The third-order valence-electron chi connectivity index (χ3n) is 3.61. The molecule has 0 unspecified atom stereocenters. The summed E-state index contributed by atoms with van der Waals surface area (Å²) in [6.45, 7) is 0. The van der Waals surface area contributed by atoms with E-state index in [0.29, 0.717) is 12.8 Å². The fourth-order valence-electron chi connectivity index (χ4n) is 2.54. The predicted molar refractivity (Wildman–Crippen MR) is 75.8 cm³/mol. The lowest BCUT2D eigenvalue weighted by atomic mass is 9.90. The Bertz CT molecular complexity index is 426. The van der Waals surface area contributed by atoms with Gasteiger partial charge in [-0.15, -0.1) is 0 Å². The fourth-order valence-corrected chi connectivity index (χ4v) is 2.93. The summed E-state index contributed by atoms with van der Waals surface area (Å²) in [4.78, 5) is 11.7. The molecule has 0 aliphatic heterocycles. The van der Waals surface area contributed by atoms with E-state index in [4.69, 9.17) is 0 Å². The van der Waals surface area contributed by atoms with Crippen molar-refractivity contribution < 1.29 is 9.90 Å². The summed E-state index contributed by atoms with van der Waals surface area (Å²) in [6.07, 6.45) is 5.61. The SMILES string of the molecule is O=C(O)C1(Nc2ccccc2Br)CCCCCC1. The van der Waals surface area contributed by atoms with Crippen LogP contribution in [0, 0.1) is 0 Å². The number of nitrogens with one attached hydrogen (secondary N) is 1. The molecule has 1 saturated carbocycles. The van der Waals surface area contributed by atoms with E-state index in [9.17, 15) is 9.90 Å². The number of hydrogen-bond donors (Lipinski definition) is 2. The first-order chi connectivity index (χ1) is 8.64. The molecule has 0 atom stereocenters. The van der Waals surface area contributed by atoms with Gasteiger partial charge in [0.2, 0.25) is 0 Å². The molecular formula is C14H18BrNO2. The van der Waals surface area contributed by atoms with Crippen LogP contribution in [0.15, 0.2) is 28.7 Å². The first-order valence-electron chi connectivity index (χ1n) is 6.40. The first-order valence-corrected chi connectivity index (χ1v) is 7.19. The predicted octanol–water partition coefficient (Wildman–Crippen LogP) is 4.04. The molecule has 1 aromatic carbocycles. The van der Waals surface area contributed by atoms with Gasteiger partial charge in [-0.1, -0.05) is 37.8 Å². The largest absolute Gasteiger partial charge is 0.480 e. The minimum Gasteiger partial charge on any atom is -0.480 e. The molecule has 0 heterocycles. The Hall–Kier alpha value is -1.03. The van der Waals surface area contributed by atoms with Gasteiger partial charge in [0.1, 0.15) is 5.54 Å². The third-order valence-corrected chi connectivity index (χ3v) is 4.31. The zero-order valence-electron chi connectivity index (χ0n) is 10.3. The topological polar surface area (TPSA) is 49.3 Å².